The quantitative estimate of drug-likeness (QED) is 0.199. The van der Waals surface area contributed by atoms with E-state index in [-0.39, 0.29) is 20.1 Å². The Hall–Kier alpha value is 0.00935. The van der Waals surface area contributed by atoms with Crippen molar-refractivity contribution in [2.75, 3.05) is 26.2 Å². The van der Waals surface area contributed by atoms with E-state index in [2.05, 4.69) is 27.7 Å². The molecule has 27 heavy (non-hydrogen) atoms. The topological polar surface area (TPSA) is 114 Å². The molecule has 0 aromatic heterocycles. The van der Waals surface area contributed by atoms with Crippen LogP contribution in [0.5, 0.6) is 0 Å². The summed E-state index contributed by atoms with van der Waals surface area (Å²) in [5.41, 5.74) is -11.3. The van der Waals surface area contributed by atoms with Crippen LogP contribution in [0, 0.1) is 0 Å². The van der Waals surface area contributed by atoms with Crippen molar-refractivity contribution in [2.45, 2.75) is 45.1 Å². The summed E-state index contributed by atoms with van der Waals surface area (Å²) in [6.45, 7) is 14.4. The van der Waals surface area contributed by atoms with Crippen LogP contribution >= 0.6 is 0 Å². The van der Waals surface area contributed by atoms with E-state index >= 15 is 0 Å². The maximum atomic E-state index is 10.7. The molecular formula is C11H22F6IrNO6S2-. The van der Waals surface area contributed by atoms with Gasteiger partial charge in [-0.2, -0.15) is 26.3 Å². The average Bonchev–Trinajstić information content (AvgIpc) is 2.42. The van der Waals surface area contributed by atoms with Crippen LogP contribution in [0.2, 0.25) is 0 Å². The molecule has 0 aliphatic heterocycles. The smallest absolute Gasteiger partial charge is 0.485 e. The Bertz CT molecular complexity index is 537. The molecule has 0 aliphatic carbocycles. The first kappa shape index (κ1) is 34.5. The van der Waals surface area contributed by atoms with E-state index in [1.807, 2.05) is 0 Å². The van der Waals surface area contributed by atoms with Crippen molar-refractivity contribution >= 4 is 20.2 Å². The third kappa shape index (κ3) is 15.6. The summed E-state index contributed by atoms with van der Waals surface area (Å²) in [5, 5.41) is 0. The summed E-state index contributed by atoms with van der Waals surface area (Å²) in [6.07, 6.45) is 1.32. The molecule has 0 fully saturated rings. The van der Waals surface area contributed by atoms with Crippen molar-refractivity contribution < 1.29 is 76.9 Å². The van der Waals surface area contributed by atoms with Crippen molar-refractivity contribution in [2.24, 2.45) is 0 Å². The molecule has 16 heteroatoms. The molecule has 0 bridgehead atoms. The van der Waals surface area contributed by atoms with E-state index in [9.17, 15) is 26.3 Å². The van der Waals surface area contributed by atoms with Crippen molar-refractivity contribution in [3.8, 4) is 0 Å². The minimum atomic E-state index is -6.09. The largest absolute Gasteiger partial charge is 0.741 e. The average molecular weight is 635 g/mol. The second kappa shape index (κ2) is 13.3. The van der Waals surface area contributed by atoms with Crippen molar-refractivity contribution in [3.63, 3.8) is 0 Å². The summed E-state index contributed by atoms with van der Waals surface area (Å²) >= 11 is 0. The van der Waals surface area contributed by atoms with Gasteiger partial charge in [-0.3, -0.25) is 0 Å². The van der Waals surface area contributed by atoms with E-state index in [4.69, 9.17) is 25.9 Å². The summed E-state index contributed by atoms with van der Waals surface area (Å²) in [5.74, 6) is 0. The molecule has 1 radical (unpaired) electrons. The third-order valence-electron chi connectivity index (χ3n) is 3.28. The standard InChI is InChI=1S/C9H22N.2CHF3O3S.Ir/c1-5-9-10(6-2,7-3)8-4;2*2-1(3,4)8(5,6)7;/h5-9H2,1-4H3;2*(H,5,6,7);/q+1;;;/p-2. The minimum Gasteiger partial charge on any atom is -0.741 e. The van der Waals surface area contributed by atoms with E-state index in [1.54, 1.807) is 0 Å². The van der Waals surface area contributed by atoms with E-state index < -0.39 is 31.3 Å². The van der Waals surface area contributed by atoms with Crippen LogP contribution in [0.25, 0.3) is 0 Å². The molecule has 0 heterocycles. The monoisotopic (exact) mass is 635 g/mol. The van der Waals surface area contributed by atoms with Gasteiger partial charge in [0.2, 0.25) is 0 Å². The van der Waals surface area contributed by atoms with Crippen molar-refractivity contribution in [3.05, 3.63) is 0 Å². The van der Waals surface area contributed by atoms with Crippen LogP contribution in [0.4, 0.5) is 26.3 Å². The van der Waals surface area contributed by atoms with Crippen molar-refractivity contribution in [1.82, 2.24) is 0 Å². The Labute approximate surface area is 168 Å². The number of alkyl halides is 6. The molecule has 0 saturated heterocycles. The van der Waals surface area contributed by atoms with Crippen molar-refractivity contribution in [1.29, 1.82) is 0 Å². The predicted molar refractivity (Wildman–Crippen MR) is 78.5 cm³/mol. The zero-order valence-corrected chi connectivity index (χ0v) is 18.9. The summed E-state index contributed by atoms with van der Waals surface area (Å²) in [4.78, 5) is 0. The van der Waals surface area contributed by atoms with E-state index in [0.29, 0.717) is 0 Å². The molecule has 7 nitrogen and oxygen atoms in total. The fourth-order valence-electron chi connectivity index (χ4n) is 1.62. The van der Waals surface area contributed by atoms with Gasteiger partial charge < -0.3 is 13.6 Å². The predicted octanol–water partition coefficient (Wildman–Crippen LogP) is 2.37. The summed E-state index contributed by atoms with van der Waals surface area (Å²) in [7, 11) is -12.2. The Morgan fingerprint density at radius 1 is 0.704 bits per heavy atom. The Kier molecular flexibility index (Phi) is 17.0. The maximum absolute atomic E-state index is 10.7. The SMILES string of the molecule is CCC[N+](CC)(CC)CC.O=S(=O)([O-])C(F)(F)F.O=S(=O)([O-])C(F)(F)F.[Ir]. The first-order valence-electron chi connectivity index (χ1n) is 7.14. The fourth-order valence-corrected chi connectivity index (χ4v) is 1.62. The van der Waals surface area contributed by atoms with Gasteiger partial charge in [-0.05, 0) is 27.2 Å². The minimum absolute atomic E-state index is 0. The van der Waals surface area contributed by atoms with Gasteiger partial charge in [0.05, 0.1) is 26.2 Å². The van der Waals surface area contributed by atoms with Gasteiger partial charge in [0.15, 0.2) is 20.2 Å². The zero-order valence-electron chi connectivity index (χ0n) is 14.8. The number of hydrogen-bond donors (Lipinski definition) is 0. The van der Waals surface area contributed by atoms with Crippen LogP contribution in [-0.2, 0) is 40.3 Å². The third-order valence-corrected chi connectivity index (χ3v) is 4.41. The molecule has 0 amide bonds. The first-order valence-corrected chi connectivity index (χ1v) is 9.95. The van der Waals surface area contributed by atoms with E-state index in [0.717, 1.165) is 0 Å². The molecule has 0 spiro atoms. The summed E-state index contributed by atoms with van der Waals surface area (Å²) in [6, 6.07) is 0. The number of halogens is 6. The molecule has 0 rings (SSSR count). The van der Waals surface area contributed by atoms with Gasteiger partial charge in [0.1, 0.15) is 0 Å². The van der Waals surface area contributed by atoms with Gasteiger partial charge in [-0.1, -0.05) is 6.92 Å². The Morgan fingerprint density at radius 2 is 0.889 bits per heavy atom. The first-order chi connectivity index (χ1) is 11.2. The molecule has 0 aromatic carbocycles. The second-order valence-electron chi connectivity index (χ2n) is 4.81. The number of quaternary nitrogens is 1. The van der Waals surface area contributed by atoms with E-state index in [1.165, 1.54) is 37.1 Å². The Morgan fingerprint density at radius 3 is 0.926 bits per heavy atom. The van der Waals surface area contributed by atoms with Gasteiger partial charge in [-0.15, -0.1) is 0 Å². The number of rotatable bonds is 5. The maximum Gasteiger partial charge on any atom is 0.485 e. The zero-order chi connectivity index (χ0) is 22.0. The number of hydrogen-bond acceptors (Lipinski definition) is 6. The molecule has 0 unspecified atom stereocenters. The molecule has 0 aliphatic rings. The molecule has 0 aromatic rings. The van der Waals surface area contributed by atoms with Gasteiger partial charge in [-0.25, -0.2) is 16.8 Å². The normalized spacial score (nSPS) is 12.7. The summed E-state index contributed by atoms with van der Waals surface area (Å²) < 4.78 is 119. The molecule has 0 N–H and O–H groups in total. The van der Waals surface area contributed by atoms with Crippen LogP contribution in [0.1, 0.15) is 34.1 Å². The molecule has 0 atom stereocenters. The van der Waals surface area contributed by atoms with Crippen LogP contribution in [-0.4, -0.2) is 67.6 Å². The van der Waals surface area contributed by atoms with Gasteiger partial charge >= 0.3 is 11.0 Å². The molecule has 171 valence electrons. The fraction of sp³-hybridized carbons (Fsp3) is 1.00. The van der Waals surface area contributed by atoms with Crippen LogP contribution in [0.15, 0.2) is 0 Å². The van der Waals surface area contributed by atoms with Gasteiger partial charge in [0.25, 0.3) is 0 Å². The molecular weight excluding hydrogens is 612 g/mol. The number of nitrogens with zero attached hydrogens (tertiary/aromatic N) is 1. The van der Waals surface area contributed by atoms with Crippen LogP contribution < -0.4 is 0 Å². The van der Waals surface area contributed by atoms with Crippen LogP contribution in [0.3, 0.4) is 0 Å². The second-order valence-corrected chi connectivity index (χ2v) is 7.56. The van der Waals surface area contributed by atoms with Gasteiger partial charge in [0, 0.05) is 20.1 Å². The molecule has 0 saturated carbocycles. The Balaban J connectivity index is -0.000000146.